The van der Waals surface area contributed by atoms with Crippen LogP contribution in [0.2, 0.25) is 0 Å². The number of aromatic hydroxyl groups is 1. The van der Waals surface area contributed by atoms with E-state index in [1.54, 1.807) is 31.0 Å². The molecule has 0 spiro atoms. The lowest BCUT2D eigenvalue weighted by atomic mass is 10.1. The summed E-state index contributed by atoms with van der Waals surface area (Å²) >= 11 is 0. The zero-order valence-electron chi connectivity index (χ0n) is 15.4. The largest absolute Gasteiger partial charge is 0.507 e. The van der Waals surface area contributed by atoms with Gasteiger partial charge in [0.1, 0.15) is 11.6 Å². The topological polar surface area (TPSA) is 79.1 Å². The zero-order chi connectivity index (χ0) is 18.6. The van der Waals surface area contributed by atoms with Gasteiger partial charge >= 0.3 is 0 Å². The van der Waals surface area contributed by atoms with E-state index in [9.17, 15) is 5.11 Å². The van der Waals surface area contributed by atoms with E-state index >= 15 is 0 Å². The van der Waals surface area contributed by atoms with Crippen molar-refractivity contribution in [1.82, 2.24) is 24.8 Å². The molecule has 1 aliphatic heterocycles. The summed E-state index contributed by atoms with van der Waals surface area (Å²) in [5, 5.41) is 13.9. The van der Waals surface area contributed by atoms with Crippen LogP contribution in [0, 0.1) is 0 Å². The van der Waals surface area contributed by atoms with Crippen LogP contribution in [0.25, 0.3) is 16.9 Å². The normalized spacial score (nSPS) is 17.4. The SMILES string of the molecule is CN(c1cnc(-c2ccc(-n3ccnc3)cc2O)cn1)C1CCCNCC1. The summed E-state index contributed by atoms with van der Waals surface area (Å²) in [6.07, 6.45) is 12.2. The minimum Gasteiger partial charge on any atom is -0.507 e. The molecule has 1 unspecified atom stereocenters. The van der Waals surface area contributed by atoms with Crippen molar-refractivity contribution < 1.29 is 5.11 Å². The lowest BCUT2D eigenvalue weighted by Gasteiger charge is -2.27. The maximum Gasteiger partial charge on any atom is 0.147 e. The van der Waals surface area contributed by atoms with Crippen molar-refractivity contribution in [3.63, 3.8) is 0 Å². The fourth-order valence-corrected chi connectivity index (χ4v) is 3.53. The van der Waals surface area contributed by atoms with Crippen molar-refractivity contribution in [2.45, 2.75) is 25.3 Å². The van der Waals surface area contributed by atoms with Crippen molar-refractivity contribution in [2.75, 3.05) is 25.0 Å². The Morgan fingerprint density at radius 2 is 2.11 bits per heavy atom. The highest BCUT2D eigenvalue weighted by molar-refractivity contribution is 5.68. The molecule has 0 saturated carbocycles. The van der Waals surface area contributed by atoms with Gasteiger partial charge in [0.05, 0.1) is 30.1 Å². The van der Waals surface area contributed by atoms with Crippen LogP contribution in [0.1, 0.15) is 19.3 Å². The number of benzene rings is 1. The highest BCUT2D eigenvalue weighted by Crippen LogP contribution is 2.30. The van der Waals surface area contributed by atoms with Crippen LogP contribution in [0.4, 0.5) is 5.82 Å². The molecule has 3 aromatic rings. The van der Waals surface area contributed by atoms with E-state index in [-0.39, 0.29) is 5.75 Å². The summed E-state index contributed by atoms with van der Waals surface area (Å²) < 4.78 is 1.84. The van der Waals surface area contributed by atoms with Crippen molar-refractivity contribution in [3.8, 4) is 22.7 Å². The van der Waals surface area contributed by atoms with E-state index in [2.05, 4.69) is 32.2 Å². The quantitative estimate of drug-likeness (QED) is 0.741. The molecule has 0 bridgehead atoms. The Morgan fingerprint density at radius 3 is 2.85 bits per heavy atom. The minimum atomic E-state index is 0.173. The van der Waals surface area contributed by atoms with Crippen LogP contribution in [0.15, 0.2) is 49.3 Å². The predicted molar refractivity (Wildman–Crippen MR) is 105 cm³/mol. The summed E-state index contributed by atoms with van der Waals surface area (Å²) in [6, 6.07) is 5.96. The number of phenolic OH excluding ortho intramolecular Hbond substituents is 1. The second kappa shape index (κ2) is 7.75. The van der Waals surface area contributed by atoms with Crippen molar-refractivity contribution in [1.29, 1.82) is 0 Å². The summed E-state index contributed by atoms with van der Waals surface area (Å²) in [5.41, 5.74) is 2.17. The second-order valence-electron chi connectivity index (χ2n) is 6.88. The molecule has 7 nitrogen and oxygen atoms in total. The van der Waals surface area contributed by atoms with E-state index in [0.29, 0.717) is 17.3 Å². The standard InChI is InChI=1S/C20H24N6O/c1-25(15-3-2-7-21-8-6-15)20-13-23-18(12-24-20)17-5-4-16(11-19(17)27)26-10-9-22-14-26/h4-5,9-15,21,27H,2-3,6-8H2,1H3. The molecule has 1 saturated heterocycles. The average molecular weight is 364 g/mol. The lowest BCUT2D eigenvalue weighted by molar-refractivity contribution is 0.477. The molecule has 7 heteroatoms. The van der Waals surface area contributed by atoms with E-state index in [1.807, 2.05) is 22.9 Å². The van der Waals surface area contributed by atoms with Crippen LogP contribution in [-0.2, 0) is 0 Å². The molecule has 1 aliphatic rings. The van der Waals surface area contributed by atoms with E-state index in [0.717, 1.165) is 37.4 Å². The zero-order valence-corrected chi connectivity index (χ0v) is 15.4. The molecular formula is C20H24N6O. The minimum absolute atomic E-state index is 0.173. The molecule has 2 aromatic heterocycles. The van der Waals surface area contributed by atoms with Gasteiger partial charge in [-0.1, -0.05) is 0 Å². The Hall–Kier alpha value is -2.93. The molecule has 0 radical (unpaired) electrons. The first-order valence-electron chi connectivity index (χ1n) is 9.29. The van der Waals surface area contributed by atoms with Gasteiger partial charge in [-0.25, -0.2) is 9.97 Å². The third-order valence-corrected chi connectivity index (χ3v) is 5.15. The number of nitrogens with one attached hydrogen (secondary N) is 1. The molecule has 27 heavy (non-hydrogen) atoms. The number of anilines is 1. The molecule has 1 fully saturated rings. The van der Waals surface area contributed by atoms with Crippen molar-refractivity contribution in [3.05, 3.63) is 49.3 Å². The van der Waals surface area contributed by atoms with Crippen LogP contribution in [0.5, 0.6) is 5.75 Å². The van der Waals surface area contributed by atoms with Gasteiger partial charge in [-0.15, -0.1) is 0 Å². The van der Waals surface area contributed by atoms with Gasteiger partial charge in [-0.05, 0) is 44.5 Å². The Morgan fingerprint density at radius 1 is 1.19 bits per heavy atom. The Balaban J connectivity index is 1.53. The number of hydrogen-bond donors (Lipinski definition) is 2. The summed E-state index contributed by atoms with van der Waals surface area (Å²) in [5.74, 6) is 1.03. The van der Waals surface area contributed by atoms with E-state index < -0.39 is 0 Å². The Bertz CT molecular complexity index is 870. The lowest BCUT2D eigenvalue weighted by Crippen LogP contribution is -2.33. The molecule has 1 atom stereocenters. The summed E-state index contributed by atoms with van der Waals surface area (Å²) in [4.78, 5) is 15.4. The molecule has 1 aromatic carbocycles. The van der Waals surface area contributed by atoms with Crippen molar-refractivity contribution in [2.24, 2.45) is 0 Å². The second-order valence-corrected chi connectivity index (χ2v) is 6.88. The first-order chi connectivity index (χ1) is 13.2. The van der Waals surface area contributed by atoms with E-state index in [4.69, 9.17) is 0 Å². The van der Waals surface area contributed by atoms with Crippen LogP contribution in [0.3, 0.4) is 0 Å². The number of aromatic nitrogens is 4. The van der Waals surface area contributed by atoms with Gasteiger partial charge in [0.2, 0.25) is 0 Å². The fourth-order valence-electron chi connectivity index (χ4n) is 3.53. The van der Waals surface area contributed by atoms with Gasteiger partial charge in [-0.3, -0.25) is 4.98 Å². The third-order valence-electron chi connectivity index (χ3n) is 5.15. The predicted octanol–water partition coefficient (Wildman–Crippen LogP) is 2.61. The number of hydrogen-bond acceptors (Lipinski definition) is 6. The van der Waals surface area contributed by atoms with Crippen LogP contribution >= 0.6 is 0 Å². The monoisotopic (exact) mass is 364 g/mol. The van der Waals surface area contributed by atoms with Crippen LogP contribution < -0.4 is 10.2 Å². The molecule has 2 N–H and O–H groups in total. The summed E-state index contributed by atoms with van der Waals surface area (Å²) in [6.45, 7) is 2.13. The van der Waals surface area contributed by atoms with Gasteiger partial charge in [-0.2, -0.15) is 0 Å². The molecule has 140 valence electrons. The number of nitrogens with zero attached hydrogens (tertiary/aromatic N) is 5. The number of imidazole rings is 1. The first kappa shape index (κ1) is 17.5. The third kappa shape index (κ3) is 3.78. The van der Waals surface area contributed by atoms with Gasteiger partial charge < -0.3 is 19.9 Å². The summed E-state index contributed by atoms with van der Waals surface area (Å²) in [7, 11) is 2.08. The molecular weight excluding hydrogens is 340 g/mol. The Kier molecular flexibility index (Phi) is 5.02. The molecule has 4 rings (SSSR count). The smallest absolute Gasteiger partial charge is 0.147 e. The molecule has 0 amide bonds. The van der Waals surface area contributed by atoms with Gasteiger partial charge in [0.15, 0.2) is 0 Å². The highest BCUT2D eigenvalue weighted by Gasteiger charge is 2.18. The first-order valence-corrected chi connectivity index (χ1v) is 9.29. The van der Waals surface area contributed by atoms with Gasteiger partial charge in [0, 0.05) is 37.1 Å². The average Bonchev–Trinajstić information content (AvgIpc) is 3.10. The number of phenols is 1. The fraction of sp³-hybridized carbons (Fsp3) is 0.350. The van der Waals surface area contributed by atoms with Crippen LogP contribution in [-0.4, -0.2) is 50.8 Å². The number of rotatable bonds is 4. The molecule has 0 aliphatic carbocycles. The van der Waals surface area contributed by atoms with E-state index in [1.165, 1.54) is 6.42 Å². The van der Waals surface area contributed by atoms with Crippen molar-refractivity contribution >= 4 is 5.82 Å². The maximum atomic E-state index is 10.4. The maximum absolute atomic E-state index is 10.4. The van der Waals surface area contributed by atoms with Gasteiger partial charge in [0.25, 0.3) is 0 Å². The Labute approximate surface area is 158 Å². The molecule has 3 heterocycles. The highest BCUT2D eigenvalue weighted by atomic mass is 16.3.